The number of nitrogens with zero attached hydrogens (tertiary/aromatic N) is 2. The Morgan fingerprint density at radius 1 is 1.50 bits per heavy atom. The lowest BCUT2D eigenvalue weighted by molar-refractivity contribution is -0.0277. The zero-order valence-corrected chi connectivity index (χ0v) is 13.6. The van der Waals surface area contributed by atoms with Gasteiger partial charge in [0.05, 0.1) is 17.9 Å². The molecule has 5 heteroatoms. The smallest absolute Gasteiger partial charge is 0.186 e. The molecule has 0 amide bonds. The molecule has 112 valence electrons. The van der Waals surface area contributed by atoms with Crippen molar-refractivity contribution in [2.24, 2.45) is 0 Å². The molecule has 1 aliphatic heterocycles. The van der Waals surface area contributed by atoms with E-state index < -0.39 is 0 Å². The fourth-order valence-corrected chi connectivity index (χ4v) is 4.41. The number of fused-ring (bicyclic) bond motifs is 1. The Morgan fingerprint density at radius 3 is 3.10 bits per heavy atom. The molecule has 3 rings (SSSR count). The van der Waals surface area contributed by atoms with Gasteiger partial charge in [0.2, 0.25) is 0 Å². The zero-order valence-electron chi connectivity index (χ0n) is 12.7. The third-order valence-electron chi connectivity index (χ3n) is 4.09. The Hall–Kier alpha value is -0.650. The van der Waals surface area contributed by atoms with Gasteiger partial charge in [-0.05, 0) is 39.7 Å². The summed E-state index contributed by atoms with van der Waals surface area (Å²) in [5.41, 5.74) is 1.26. The van der Waals surface area contributed by atoms with Gasteiger partial charge in [0.25, 0.3) is 0 Å². The molecule has 0 radical (unpaired) electrons. The summed E-state index contributed by atoms with van der Waals surface area (Å²) < 4.78 is 5.80. The van der Waals surface area contributed by atoms with E-state index in [1.165, 1.54) is 28.5 Å². The van der Waals surface area contributed by atoms with Crippen molar-refractivity contribution in [3.05, 3.63) is 10.6 Å². The predicted molar refractivity (Wildman–Crippen MR) is 83.7 cm³/mol. The number of thiazole rings is 1. The topological polar surface area (TPSA) is 37.4 Å². The highest BCUT2D eigenvalue weighted by molar-refractivity contribution is 7.15. The SMILES string of the molecule is CCNC1CCCc2nc(N3CCOC(C)(C)C3)sc21. The first-order valence-corrected chi connectivity index (χ1v) is 8.52. The van der Waals surface area contributed by atoms with Crippen LogP contribution in [0.1, 0.15) is 50.2 Å². The van der Waals surface area contributed by atoms with Crippen molar-refractivity contribution in [3.63, 3.8) is 0 Å². The van der Waals surface area contributed by atoms with Gasteiger partial charge in [-0.2, -0.15) is 0 Å². The molecule has 1 aliphatic carbocycles. The standard InChI is InChI=1S/C15H25N3OS/c1-4-16-11-6-5-7-12-13(11)20-14(17-12)18-8-9-19-15(2,3)10-18/h11,16H,4-10H2,1-3H3. The van der Waals surface area contributed by atoms with Gasteiger partial charge in [-0.25, -0.2) is 4.98 Å². The molecule has 20 heavy (non-hydrogen) atoms. The van der Waals surface area contributed by atoms with E-state index in [1.807, 2.05) is 11.3 Å². The van der Waals surface area contributed by atoms with Gasteiger partial charge in [-0.15, -0.1) is 0 Å². The van der Waals surface area contributed by atoms with E-state index in [0.717, 1.165) is 32.7 Å². The molecule has 4 nitrogen and oxygen atoms in total. The largest absolute Gasteiger partial charge is 0.372 e. The van der Waals surface area contributed by atoms with Crippen molar-refractivity contribution in [1.82, 2.24) is 10.3 Å². The van der Waals surface area contributed by atoms with Gasteiger partial charge in [0.1, 0.15) is 0 Å². The first-order chi connectivity index (χ1) is 9.59. The highest BCUT2D eigenvalue weighted by Crippen LogP contribution is 2.38. The molecule has 1 fully saturated rings. The highest BCUT2D eigenvalue weighted by atomic mass is 32.1. The van der Waals surface area contributed by atoms with E-state index in [1.54, 1.807) is 0 Å². The van der Waals surface area contributed by atoms with Crippen LogP contribution in [-0.2, 0) is 11.2 Å². The minimum atomic E-state index is -0.0640. The Bertz CT molecular complexity index is 472. The highest BCUT2D eigenvalue weighted by Gasteiger charge is 2.31. The minimum Gasteiger partial charge on any atom is -0.372 e. The number of morpholine rings is 1. The summed E-state index contributed by atoms with van der Waals surface area (Å²) in [6, 6.07) is 0.518. The van der Waals surface area contributed by atoms with E-state index in [2.05, 4.69) is 31.0 Å². The molecular weight excluding hydrogens is 270 g/mol. The number of hydrogen-bond donors (Lipinski definition) is 1. The second-order valence-corrected chi connectivity index (χ2v) is 7.35. The van der Waals surface area contributed by atoms with Crippen molar-refractivity contribution < 1.29 is 4.74 Å². The maximum atomic E-state index is 5.80. The molecule has 2 aliphatic rings. The molecule has 1 unspecified atom stereocenters. The summed E-state index contributed by atoms with van der Waals surface area (Å²) in [6.45, 7) is 10.2. The fourth-order valence-electron chi connectivity index (χ4n) is 3.16. The third-order valence-corrected chi connectivity index (χ3v) is 5.36. The Morgan fingerprint density at radius 2 is 2.35 bits per heavy atom. The van der Waals surface area contributed by atoms with Gasteiger partial charge < -0.3 is 15.0 Å². The fraction of sp³-hybridized carbons (Fsp3) is 0.800. The average Bonchev–Trinajstić information content (AvgIpc) is 2.83. The van der Waals surface area contributed by atoms with Crippen LogP contribution in [0, 0.1) is 0 Å². The van der Waals surface area contributed by atoms with Crippen LogP contribution < -0.4 is 10.2 Å². The number of aryl methyl sites for hydroxylation is 1. The number of anilines is 1. The lowest BCUT2D eigenvalue weighted by Gasteiger charge is -2.38. The molecule has 1 atom stereocenters. The molecule has 2 heterocycles. The van der Waals surface area contributed by atoms with Crippen molar-refractivity contribution in [2.75, 3.05) is 31.1 Å². The first-order valence-electron chi connectivity index (χ1n) is 7.71. The first kappa shape index (κ1) is 14.3. The van der Waals surface area contributed by atoms with Crippen LogP contribution in [-0.4, -0.2) is 36.8 Å². The molecule has 0 bridgehead atoms. The second-order valence-electron chi connectivity index (χ2n) is 6.34. The quantitative estimate of drug-likeness (QED) is 0.930. The summed E-state index contributed by atoms with van der Waals surface area (Å²) >= 11 is 1.89. The molecule has 1 aromatic rings. The van der Waals surface area contributed by atoms with E-state index in [9.17, 15) is 0 Å². The van der Waals surface area contributed by atoms with Crippen LogP contribution in [0.15, 0.2) is 0 Å². The van der Waals surface area contributed by atoms with E-state index >= 15 is 0 Å². The summed E-state index contributed by atoms with van der Waals surface area (Å²) in [7, 11) is 0. The molecule has 1 saturated heterocycles. The average molecular weight is 295 g/mol. The van der Waals surface area contributed by atoms with Crippen LogP contribution in [0.5, 0.6) is 0 Å². The van der Waals surface area contributed by atoms with Gasteiger partial charge >= 0.3 is 0 Å². The molecule has 0 aromatic carbocycles. The lowest BCUT2D eigenvalue weighted by atomic mass is 9.98. The zero-order chi connectivity index (χ0) is 14.2. The second kappa shape index (κ2) is 5.62. The maximum Gasteiger partial charge on any atom is 0.186 e. The summed E-state index contributed by atoms with van der Waals surface area (Å²) in [5.74, 6) is 0. The Labute approximate surface area is 125 Å². The predicted octanol–water partition coefficient (Wildman–Crippen LogP) is 2.75. The van der Waals surface area contributed by atoms with E-state index in [4.69, 9.17) is 9.72 Å². The maximum absolute atomic E-state index is 5.80. The molecule has 0 saturated carbocycles. The van der Waals surface area contributed by atoms with Crippen molar-refractivity contribution in [2.45, 2.75) is 51.7 Å². The summed E-state index contributed by atoms with van der Waals surface area (Å²) in [4.78, 5) is 8.79. The molecule has 1 N–H and O–H groups in total. The monoisotopic (exact) mass is 295 g/mol. The molecule has 1 aromatic heterocycles. The van der Waals surface area contributed by atoms with E-state index in [0.29, 0.717) is 6.04 Å². The Balaban J connectivity index is 1.81. The number of nitrogens with one attached hydrogen (secondary N) is 1. The number of ether oxygens (including phenoxy) is 1. The Kier molecular flexibility index (Phi) is 4.02. The van der Waals surface area contributed by atoms with Crippen molar-refractivity contribution >= 4 is 16.5 Å². The van der Waals surface area contributed by atoms with Crippen LogP contribution in [0.25, 0.3) is 0 Å². The summed E-state index contributed by atoms with van der Waals surface area (Å²) in [5, 5.41) is 4.79. The number of rotatable bonds is 3. The molecule has 0 spiro atoms. The van der Waals surface area contributed by atoms with Crippen LogP contribution in [0.2, 0.25) is 0 Å². The van der Waals surface area contributed by atoms with Gasteiger partial charge in [-0.1, -0.05) is 18.3 Å². The van der Waals surface area contributed by atoms with Crippen molar-refractivity contribution in [1.29, 1.82) is 0 Å². The van der Waals surface area contributed by atoms with Gasteiger partial charge in [0, 0.05) is 24.0 Å². The van der Waals surface area contributed by atoms with Crippen LogP contribution >= 0.6 is 11.3 Å². The normalized spacial score (nSPS) is 25.6. The van der Waals surface area contributed by atoms with Crippen molar-refractivity contribution in [3.8, 4) is 0 Å². The van der Waals surface area contributed by atoms with Crippen LogP contribution in [0.3, 0.4) is 0 Å². The van der Waals surface area contributed by atoms with Gasteiger partial charge in [-0.3, -0.25) is 0 Å². The number of aromatic nitrogens is 1. The minimum absolute atomic E-state index is 0.0640. The van der Waals surface area contributed by atoms with Crippen LogP contribution in [0.4, 0.5) is 5.13 Å². The third kappa shape index (κ3) is 2.85. The summed E-state index contributed by atoms with van der Waals surface area (Å²) in [6.07, 6.45) is 3.64. The van der Waals surface area contributed by atoms with E-state index in [-0.39, 0.29) is 5.60 Å². The van der Waals surface area contributed by atoms with Gasteiger partial charge in [0.15, 0.2) is 5.13 Å². The lowest BCUT2D eigenvalue weighted by Crippen LogP contribution is -2.48. The molecular formula is C15H25N3OS. The number of hydrogen-bond acceptors (Lipinski definition) is 5.